The zero-order chi connectivity index (χ0) is 17.9. The van der Waals surface area contributed by atoms with Crippen LogP contribution in [-0.2, 0) is 14.8 Å². The monoisotopic (exact) mass is 364 g/mol. The Balaban J connectivity index is 2.30. The second-order valence-corrected chi connectivity index (χ2v) is 7.32. The Bertz CT molecular complexity index is 891. The predicted octanol–water partition coefficient (Wildman–Crippen LogP) is 4.13. The summed E-state index contributed by atoms with van der Waals surface area (Å²) >= 11 is 6.24. The van der Waals surface area contributed by atoms with Gasteiger partial charge in [-0.1, -0.05) is 30.3 Å². The normalized spacial score (nSPS) is 11.0. The van der Waals surface area contributed by atoms with Crippen LogP contribution in [0.25, 0.3) is 5.57 Å². The minimum absolute atomic E-state index is 0.0633. The van der Waals surface area contributed by atoms with Crippen molar-refractivity contribution in [1.29, 1.82) is 0 Å². The van der Waals surface area contributed by atoms with Crippen LogP contribution in [0.2, 0.25) is 5.02 Å². The molecule has 2 aromatic carbocycles. The number of amides is 1. The predicted molar refractivity (Wildman–Crippen MR) is 97.7 cm³/mol. The molecule has 2 N–H and O–H groups in total. The third kappa shape index (κ3) is 4.15. The molecule has 0 aromatic heterocycles. The van der Waals surface area contributed by atoms with E-state index in [1.54, 1.807) is 25.1 Å². The quantitative estimate of drug-likeness (QED) is 0.837. The van der Waals surface area contributed by atoms with Crippen LogP contribution < -0.4 is 10.0 Å². The molecule has 0 heterocycles. The van der Waals surface area contributed by atoms with Crippen molar-refractivity contribution in [2.75, 3.05) is 10.0 Å². The van der Waals surface area contributed by atoms with Gasteiger partial charge in [0, 0.05) is 12.6 Å². The average molecular weight is 365 g/mol. The van der Waals surface area contributed by atoms with E-state index in [0.29, 0.717) is 16.3 Å². The molecule has 126 valence electrons. The molecule has 2 rings (SSSR count). The van der Waals surface area contributed by atoms with Crippen molar-refractivity contribution in [2.24, 2.45) is 0 Å². The van der Waals surface area contributed by atoms with E-state index in [1.165, 1.54) is 31.2 Å². The molecule has 7 heteroatoms. The molecule has 0 aliphatic heterocycles. The van der Waals surface area contributed by atoms with E-state index in [4.69, 9.17) is 11.6 Å². The van der Waals surface area contributed by atoms with Crippen LogP contribution in [0, 0.1) is 0 Å². The van der Waals surface area contributed by atoms with E-state index in [-0.39, 0.29) is 16.5 Å². The highest BCUT2D eigenvalue weighted by molar-refractivity contribution is 7.92. The molecule has 2 aromatic rings. The molecule has 0 aliphatic rings. The lowest BCUT2D eigenvalue weighted by Gasteiger charge is -2.13. The maximum Gasteiger partial charge on any atom is 0.261 e. The number of halogens is 1. The smallest absolute Gasteiger partial charge is 0.261 e. The van der Waals surface area contributed by atoms with Crippen molar-refractivity contribution >= 4 is 44.5 Å². The highest BCUT2D eigenvalue weighted by Crippen LogP contribution is 2.31. The Labute approximate surface area is 146 Å². The number of hydrogen-bond donors (Lipinski definition) is 2. The second kappa shape index (κ2) is 7.07. The van der Waals surface area contributed by atoms with Crippen molar-refractivity contribution in [3.8, 4) is 0 Å². The lowest BCUT2D eigenvalue weighted by atomic mass is 10.1. The van der Waals surface area contributed by atoms with Gasteiger partial charge in [0.1, 0.15) is 0 Å². The maximum absolute atomic E-state index is 12.5. The Hall–Kier alpha value is -2.31. The summed E-state index contributed by atoms with van der Waals surface area (Å²) in [5, 5.41) is 2.87. The Morgan fingerprint density at radius 2 is 1.71 bits per heavy atom. The Morgan fingerprint density at radius 1 is 1.08 bits per heavy atom. The number of carbonyl (C=O) groups excluding carboxylic acids is 1. The molecule has 24 heavy (non-hydrogen) atoms. The summed E-state index contributed by atoms with van der Waals surface area (Å²) in [6.45, 7) is 6.99. The fourth-order valence-corrected chi connectivity index (χ4v) is 3.53. The number of carbonyl (C=O) groups is 1. The van der Waals surface area contributed by atoms with Crippen molar-refractivity contribution in [1.82, 2.24) is 0 Å². The number of anilines is 2. The largest absolute Gasteiger partial charge is 0.326 e. The van der Waals surface area contributed by atoms with Crippen molar-refractivity contribution in [3.05, 3.63) is 59.6 Å². The van der Waals surface area contributed by atoms with Crippen molar-refractivity contribution in [3.63, 3.8) is 0 Å². The van der Waals surface area contributed by atoms with E-state index in [9.17, 15) is 13.2 Å². The molecule has 0 atom stereocenters. The first-order chi connectivity index (χ1) is 11.2. The van der Waals surface area contributed by atoms with E-state index in [2.05, 4.69) is 16.6 Å². The molecule has 0 unspecified atom stereocenters. The molecule has 0 spiro atoms. The number of benzene rings is 2. The van der Waals surface area contributed by atoms with Crippen LogP contribution >= 0.6 is 11.6 Å². The van der Waals surface area contributed by atoms with Gasteiger partial charge in [0.2, 0.25) is 5.91 Å². The standard InChI is InChI=1S/C17H17ClN2O3S/c1-11(2)15-5-4-6-16(17(15)18)20-24(22,23)14-9-7-13(8-10-14)19-12(3)21/h4-10,20H,1H2,2-3H3,(H,19,21). The molecular formula is C17H17ClN2O3S. The first kappa shape index (κ1) is 18.0. The Kier molecular flexibility index (Phi) is 5.31. The van der Waals surface area contributed by atoms with Gasteiger partial charge in [-0.2, -0.15) is 0 Å². The fourth-order valence-electron chi connectivity index (χ4n) is 2.06. The van der Waals surface area contributed by atoms with Gasteiger partial charge in [-0.25, -0.2) is 8.42 Å². The number of allylic oxidation sites excluding steroid dienone is 1. The number of rotatable bonds is 5. The van der Waals surface area contributed by atoms with Crippen LogP contribution in [0.1, 0.15) is 19.4 Å². The van der Waals surface area contributed by atoms with Gasteiger partial charge in [0.15, 0.2) is 0 Å². The van der Waals surface area contributed by atoms with Gasteiger partial charge in [-0.15, -0.1) is 0 Å². The Morgan fingerprint density at radius 3 is 2.25 bits per heavy atom. The summed E-state index contributed by atoms with van der Waals surface area (Å²) in [7, 11) is -3.80. The SMILES string of the molecule is C=C(C)c1cccc(NS(=O)(=O)c2ccc(NC(C)=O)cc2)c1Cl. The number of hydrogen-bond acceptors (Lipinski definition) is 3. The second-order valence-electron chi connectivity index (χ2n) is 5.26. The average Bonchev–Trinajstić information content (AvgIpc) is 2.49. The molecule has 1 amide bonds. The number of nitrogens with one attached hydrogen (secondary N) is 2. The topological polar surface area (TPSA) is 75.3 Å². The van der Waals surface area contributed by atoms with Gasteiger partial charge in [-0.3, -0.25) is 9.52 Å². The number of sulfonamides is 1. The highest BCUT2D eigenvalue weighted by atomic mass is 35.5. The molecule has 0 fully saturated rings. The summed E-state index contributed by atoms with van der Waals surface area (Å²) in [6, 6.07) is 10.9. The summed E-state index contributed by atoms with van der Waals surface area (Å²) in [4.78, 5) is 11.1. The van der Waals surface area contributed by atoms with Crippen molar-refractivity contribution < 1.29 is 13.2 Å². The van der Waals surface area contributed by atoms with Crippen LogP contribution in [0.15, 0.2) is 53.9 Å². The zero-order valence-electron chi connectivity index (χ0n) is 13.3. The molecule has 0 bridgehead atoms. The third-order valence-corrected chi connectivity index (χ3v) is 4.98. The molecule has 0 radical (unpaired) electrons. The van der Waals surface area contributed by atoms with E-state index in [0.717, 1.165) is 5.57 Å². The van der Waals surface area contributed by atoms with Crippen LogP contribution in [-0.4, -0.2) is 14.3 Å². The van der Waals surface area contributed by atoms with Gasteiger partial charge < -0.3 is 5.32 Å². The molecule has 0 saturated carbocycles. The summed E-state index contributed by atoms with van der Waals surface area (Å²) in [5.74, 6) is -0.230. The first-order valence-electron chi connectivity index (χ1n) is 7.05. The third-order valence-electron chi connectivity index (χ3n) is 3.19. The van der Waals surface area contributed by atoms with Gasteiger partial charge in [0.25, 0.3) is 10.0 Å². The minimum atomic E-state index is -3.80. The zero-order valence-corrected chi connectivity index (χ0v) is 14.8. The minimum Gasteiger partial charge on any atom is -0.326 e. The van der Waals surface area contributed by atoms with Crippen LogP contribution in [0.5, 0.6) is 0 Å². The van der Waals surface area contributed by atoms with E-state index in [1.807, 2.05) is 0 Å². The van der Waals surface area contributed by atoms with Crippen LogP contribution in [0.4, 0.5) is 11.4 Å². The van der Waals surface area contributed by atoms with E-state index >= 15 is 0 Å². The maximum atomic E-state index is 12.5. The lowest BCUT2D eigenvalue weighted by Crippen LogP contribution is -2.14. The molecule has 5 nitrogen and oxygen atoms in total. The van der Waals surface area contributed by atoms with Crippen LogP contribution in [0.3, 0.4) is 0 Å². The molecule has 0 saturated heterocycles. The lowest BCUT2D eigenvalue weighted by molar-refractivity contribution is -0.114. The summed E-state index contributed by atoms with van der Waals surface area (Å²) < 4.78 is 27.4. The fraction of sp³-hybridized carbons (Fsp3) is 0.118. The van der Waals surface area contributed by atoms with Crippen molar-refractivity contribution in [2.45, 2.75) is 18.7 Å². The van der Waals surface area contributed by atoms with Gasteiger partial charge >= 0.3 is 0 Å². The van der Waals surface area contributed by atoms with Gasteiger partial charge in [-0.05, 0) is 48.4 Å². The molecular weight excluding hydrogens is 348 g/mol. The summed E-state index contributed by atoms with van der Waals surface area (Å²) in [6.07, 6.45) is 0. The highest BCUT2D eigenvalue weighted by Gasteiger charge is 2.17. The first-order valence-corrected chi connectivity index (χ1v) is 8.91. The van der Waals surface area contributed by atoms with Gasteiger partial charge in [0.05, 0.1) is 15.6 Å². The summed E-state index contributed by atoms with van der Waals surface area (Å²) in [5.41, 5.74) is 2.21. The van der Waals surface area contributed by atoms with E-state index < -0.39 is 10.0 Å². The molecule has 0 aliphatic carbocycles.